The van der Waals surface area contributed by atoms with E-state index in [0.29, 0.717) is 6.04 Å². The molecule has 0 radical (unpaired) electrons. The van der Waals surface area contributed by atoms with Crippen LogP contribution in [0, 0.1) is 11.8 Å². The predicted octanol–water partition coefficient (Wildman–Crippen LogP) is 4.71. The van der Waals surface area contributed by atoms with E-state index in [1.54, 1.807) is 0 Å². The number of halogens is 1. The summed E-state index contributed by atoms with van der Waals surface area (Å²) >= 11 is 3.66. The Kier molecular flexibility index (Phi) is 5.83. The summed E-state index contributed by atoms with van der Waals surface area (Å²) in [5, 5.41) is 3.66. The van der Waals surface area contributed by atoms with Crippen LogP contribution in [0.25, 0.3) is 0 Å². The summed E-state index contributed by atoms with van der Waals surface area (Å²) in [6, 6.07) is 4.49. The molecule has 2 nitrogen and oxygen atoms in total. The van der Waals surface area contributed by atoms with Gasteiger partial charge in [-0.05, 0) is 59.3 Å². The lowest BCUT2D eigenvalue weighted by Crippen LogP contribution is -2.32. The maximum absolute atomic E-state index is 4.61. The van der Waals surface area contributed by atoms with Crippen LogP contribution in [0.4, 0.5) is 0 Å². The predicted molar refractivity (Wildman–Crippen MR) is 84.1 cm³/mol. The molecular formula is C16H25BrN2. The summed E-state index contributed by atoms with van der Waals surface area (Å²) in [5.74, 6) is 1.63. The third kappa shape index (κ3) is 3.79. The maximum Gasteiger partial charge on any atom is 0.0717 e. The fraction of sp³-hybridized carbons (Fsp3) is 0.688. The molecule has 0 spiro atoms. The minimum Gasteiger partial charge on any atom is -0.309 e. The normalized spacial score (nSPS) is 25.2. The molecule has 2 rings (SSSR count). The molecule has 1 heterocycles. The van der Waals surface area contributed by atoms with Crippen molar-refractivity contribution in [2.75, 3.05) is 6.54 Å². The number of pyridine rings is 1. The topological polar surface area (TPSA) is 24.9 Å². The van der Waals surface area contributed by atoms with E-state index in [2.05, 4.69) is 46.1 Å². The number of rotatable bonds is 5. The fourth-order valence-electron chi connectivity index (χ4n) is 3.34. The van der Waals surface area contributed by atoms with E-state index >= 15 is 0 Å². The van der Waals surface area contributed by atoms with E-state index in [-0.39, 0.29) is 0 Å². The van der Waals surface area contributed by atoms with Crippen molar-refractivity contribution in [3.63, 3.8) is 0 Å². The molecule has 106 valence electrons. The van der Waals surface area contributed by atoms with Crippen molar-refractivity contribution >= 4 is 15.9 Å². The summed E-state index contributed by atoms with van der Waals surface area (Å²) in [6.45, 7) is 5.51. The molecule has 3 heteroatoms. The van der Waals surface area contributed by atoms with Crippen molar-refractivity contribution in [3.05, 3.63) is 28.5 Å². The molecule has 1 saturated carbocycles. The molecule has 0 saturated heterocycles. The third-order valence-electron chi connectivity index (χ3n) is 4.38. The van der Waals surface area contributed by atoms with E-state index in [1.165, 1.54) is 37.8 Å². The zero-order valence-electron chi connectivity index (χ0n) is 12.0. The molecule has 1 aliphatic carbocycles. The second-order valence-electron chi connectivity index (χ2n) is 5.61. The van der Waals surface area contributed by atoms with Crippen LogP contribution in [0.1, 0.15) is 57.7 Å². The Balaban J connectivity index is 2.17. The molecule has 1 aromatic rings. The van der Waals surface area contributed by atoms with E-state index in [1.807, 2.05) is 12.3 Å². The smallest absolute Gasteiger partial charge is 0.0717 e. The minimum absolute atomic E-state index is 0.398. The lowest BCUT2D eigenvalue weighted by atomic mass is 9.76. The lowest BCUT2D eigenvalue weighted by Gasteiger charge is -2.34. The molecule has 0 aromatic carbocycles. The summed E-state index contributed by atoms with van der Waals surface area (Å²) in [4.78, 5) is 4.61. The lowest BCUT2D eigenvalue weighted by molar-refractivity contribution is 0.208. The Morgan fingerprint density at radius 2 is 2.26 bits per heavy atom. The highest BCUT2D eigenvalue weighted by Crippen LogP contribution is 2.39. The largest absolute Gasteiger partial charge is 0.309 e. The van der Waals surface area contributed by atoms with Crippen molar-refractivity contribution in [2.24, 2.45) is 11.8 Å². The van der Waals surface area contributed by atoms with Gasteiger partial charge in [0.25, 0.3) is 0 Å². The summed E-state index contributed by atoms with van der Waals surface area (Å²) in [6.07, 6.45) is 8.68. The number of aromatic nitrogens is 1. The Labute approximate surface area is 125 Å². The molecule has 1 aromatic heterocycles. The first kappa shape index (κ1) is 15.0. The Hall–Kier alpha value is -0.410. The van der Waals surface area contributed by atoms with E-state index in [4.69, 9.17) is 0 Å². The van der Waals surface area contributed by atoms with Crippen LogP contribution in [0.2, 0.25) is 0 Å². The second kappa shape index (κ2) is 7.39. The van der Waals surface area contributed by atoms with Gasteiger partial charge in [0.1, 0.15) is 0 Å². The number of nitrogens with one attached hydrogen (secondary N) is 1. The van der Waals surface area contributed by atoms with Crippen LogP contribution in [0.15, 0.2) is 22.8 Å². The van der Waals surface area contributed by atoms with Gasteiger partial charge in [0.05, 0.1) is 11.7 Å². The van der Waals surface area contributed by atoms with Gasteiger partial charge in [0.15, 0.2) is 0 Å². The maximum atomic E-state index is 4.61. The molecule has 3 atom stereocenters. The number of hydrogen-bond donors (Lipinski definition) is 1. The number of nitrogens with zero attached hydrogens (tertiary/aromatic N) is 1. The molecule has 0 aliphatic heterocycles. The Morgan fingerprint density at radius 3 is 2.95 bits per heavy atom. The first-order valence-corrected chi connectivity index (χ1v) is 8.39. The van der Waals surface area contributed by atoms with Crippen molar-refractivity contribution in [1.82, 2.24) is 10.3 Å². The van der Waals surface area contributed by atoms with Crippen LogP contribution in [0.5, 0.6) is 0 Å². The van der Waals surface area contributed by atoms with Gasteiger partial charge in [0.2, 0.25) is 0 Å². The van der Waals surface area contributed by atoms with Crippen molar-refractivity contribution < 1.29 is 0 Å². The average Bonchev–Trinajstić information content (AvgIpc) is 2.46. The highest BCUT2D eigenvalue weighted by molar-refractivity contribution is 9.10. The van der Waals surface area contributed by atoms with Crippen LogP contribution < -0.4 is 5.32 Å². The van der Waals surface area contributed by atoms with Crippen LogP contribution in [-0.2, 0) is 0 Å². The third-order valence-corrected chi connectivity index (χ3v) is 5.05. The first-order valence-electron chi connectivity index (χ1n) is 7.60. The Morgan fingerprint density at radius 1 is 1.42 bits per heavy atom. The SMILES string of the molecule is CCNC(c1ncccc1Br)C1CCCC(CC)C1. The highest BCUT2D eigenvalue weighted by atomic mass is 79.9. The fourth-order valence-corrected chi connectivity index (χ4v) is 3.84. The van der Waals surface area contributed by atoms with E-state index in [9.17, 15) is 0 Å². The summed E-state index contributed by atoms with van der Waals surface area (Å²) < 4.78 is 1.14. The molecule has 1 aliphatic rings. The molecule has 0 amide bonds. The standard InChI is InChI=1S/C16H25BrN2/c1-3-12-7-5-8-13(11-12)15(18-4-2)16-14(17)9-6-10-19-16/h6,9-10,12-13,15,18H,3-5,7-8,11H2,1-2H3. The van der Waals surface area contributed by atoms with Crippen LogP contribution in [0.3, 0.4) is 0 Å². The van der Waals surface area contributed by atoms with Gasteiger partial charge >= 0.3 is 0 Å². The molecular weight excluding hydrogens is 300 g/mol. The van der Waals surface area contributed by atoms with Gasteiger partial charge in [-0.1, -0.05) is 33.1 Å². The molecule has 19 heavy (non-hydrogen) atoms. The van der Waals surface area contributed by atoms with Gasteiger partial charge in [-0.3, -0.25) is 4.98 Å². The van der Waals surface area contributed by atoms with Gasteiger partial charge in [-0.2, -0.15) is 0 Å². The molecule has 1 N–H and O–H groups in total. The quantitative estimate of drug-likeness (QED) is 0.848. The zero-order valence-corrected chi connectivity index (χ0v) is 13.6. The van der Waals surface area contributed by atoms with E-state index < -0.39 is 0 Å². The average molecular weight is 325 g/mol. The van der Waals surface area contributed by atoms with Crippen molar-refractivity contribution in [1.29, 1.82) is 0 Å². The van der Waals surface area contributed by atoms with Gasteiger partial charge < -0.3 is 5.32 Å². The molecule has 0 bridgehead atoms. The first-order chi connectivity index (χ1) is 9.26. The molecule has 1 fully saturated rings. The second-order valence-corrected chi connectivity index (χ2v) is 6.46. The summed E-state index contributed by atoms with van der Waals surface area (Å²) in [7, 11) is 0. The van der Waals surface area contributed by atoms with Crippen LogP contribution in [-0.4, -0.2) is 11.5 Å². The van der Waals surface area contributed by atoms with E-state index in [0.717, 1.165) is 22.9 Å². The highest BCUT2D eigenvalue weighted by Gasteiger charge is 2.30. The van der Waals surface area contributed by atoms with Gasteiger partial charge in [-0.15, -0.1) is 0 Å². The van der Waals surface area contributed by atoms with Crippen molar-refractivity contribution in [3.8, 4) is 0 Å². The van der Waals surface area contributed by atoms with Gasteiger partial charge in [0, 0.05) is 10.7 Å². The summed E-state index contributed by atoms with van der Waals surface area (Å²) in [5.41, 5.74) is 1.19. The zero-order chi connectivity index (χ0) is 13.7. The van der Waals surface area contributed by atoms with Gasteiger partial charge in [-0.25, -0.2) is 0 Å². The van der Waals surface area contributed by atoms with Crippen molar-refractivity contribution in [2.45, 2.75) is 52.0 Å². The Bertz CT molecular complexity index is 394. The monoisotopic (exact) mass is 324 g/mol. The molecule has 3 unspecified atom stereocenters. The van der Waals surface area contributed by atoms with Crippen LogP contribution >= 0.6 is 15.9 Å². The minimum atomic E-state index is 0.398. The number of hydrogen-bond acceptors (Lipinski definition) is 2.